The van der Waals surface area contributed by atoms with Crippen LogP contribution in [-0.2, 0) is 4.79 Å². The van der Waals surface area contributed by atoms with E-state index in [1.807, 2.05) is 12.4 Å². The van der Waals surface area contributed by atoms with Crippen molar-refractivity contribution in [1.29, 1.82) is 0 Å². The summed E-state index contributed by atoms with van der Waals surface area (Å²) in [7, 11) is 3.81. The third kappa shape index (κ3) is 3.64. The lowest BCUT2D eigenvalue weighted by Crippen LogP contribution is -2.31. The largest absolute Gasteiger partial charge is 0.480 e. The molecule has 19 heavy (non-hydrogen) atoms. The number of aliphatic carboxylic acids is 1. The Morgan fingerprint density at radius 3 is 2.79 bits per heavy atom. The van der Waals surface area contributed by atoms with Crippen molar-refractivity contribution >= 4 is 11.9 Å². The van der Waals surface area contributed by atoms with Gasteiger partial charge in [0, 0.05) is 26.0 Å². The van der Waals surface area contributed by atoms with Crippen molar-refractivity contribution in [1.82, 2.24) is 14.9 Å². The number of hydrogen-bond donors (Lipinski definition) is 1. The summed E-state index contributed by atoms with van der Waals surface area (Å²) in [6, 6.07) is 0. The van der Waals surface area contributed by atoms with E-state index in [2.05, 4.69) is 21.9 Å². The molecule has 0 aliphatic carbocycles. The maximum Gasteiger partial charge on any atom is 0.323 e. The number of carboxylic acid groups (broad SMARTS) is 1. The maximum atomic E-state index is 10.6. The Hall–Kier alpha value is -1.69. The molecule has 6 nitrogen and oxygen atoms in total. The standard InChI is InChI=1S/C13H20N4O2/c1-16-5-3-4-10(8-16)11-6-14-13(15-7-11)17(2)9-12(18)19/h6-7,10H,3-5,8-9H2,1-2H3,(H,18,19). The van der Waals surface area contributed by atoms with Crippen LogP contribution in [0.1, 0.15) is 24.3 Å². The second-order valence-corrected chi connectivity index (χ2v) is 5.17. The minimum atomic E-state index is -0.885. The normalized spacial score (nSPS) is 20.2. The molecule has 2 rings (SSSR count). The van der Waals surface area contributed by atoms with Crippen molar-refractivity contribution < 1.29 is 9.90 Å². The van der Waals surface area contributed by atoms with Crippen LogP contribution in [0, 0.1) is 0 Å². The van der Waals surface area contributed by atoms with Gasteiger partial charge >= 0.3 is 5.97 Å². The van der Waals surface area contributed by atoms with Crippen LogP contribution < -0.4 is 4.90 Å². The summed E-state index contributed by atoms with van der Waals surface area (Å²) in [5, 5.41) is 8.73. The highest BCUT2D eigenvalue weighted by molar-refractivity contribution is 5.72. The molecule has 0 saturated carbocycles. The van der Waals surface area contributed by atoms with E-state index in [1.165, 1.54) is 11.3 Å². The fourth-order valence-electron chi connectivity index (χ4n) is 2.45. The molecule has 0 amide bonds. The molecule has 1 saturated heterocycles. The predicted octanol–water partition coefficient (Wildman–Crippen LogP) is 0.807. The summed E-state index contributed by atoms with van der Waals surface area (Å²) >= 11 is 0. The molecule has 1 aliphatic heterocycles. The van der Waals surface area contributed by atoms with E-state index in [9.17, 15) is 4.79 Å². The van der Waals surface area contributed by atoms with Crippen molar-refractivity contribution in [2.45, 2.75) is 18.8 Å². The summed E-state index contributed by atoms with van der Waals surface area (Å²) in [5.41, 5.74) is 1.14. The third-order valence-electron chi connectivity index (χ3n) is 3.47. The zero-order valence-corrected chi connectivity index (χ0v) is 11.4. The number of likely N-dealkylation sites (N-methyl/N-ethyl adjacent to an activating group) is 2. The van der Waals surface area contributed by atoms with E-state index >= 15 is 0 Å². The van der Waals surface area contributed by atoms with E-state index in [1.54, 1.807) is 7.05 Å². The molecule has 2 heterocycles. The van der Waals surface area contributed by atoms with Crippen LogP contribution >= 0.6 is 0 Å². The van der Waals surface area contributed by atoms with Gasteiger partial charge in [0.05, 0.1) is 0 Å². The smallest absolute Gasteiger partial charge is 0.323 e. The summed E-state index contributed by atoms with van der Waals surface area (Å²) in [4.78, 5) is 23.0. The van der Waals surface area contributed by atoms with Crippen LogP contribution in [0.5, 0.6) is 0 Å². The van der Waals surface area contributed by atoms with Gasteiger partial charge in [-0.3, -0.25) is 4.79 Å². The van der Waals surface area contributed by atoms with Gasteiger partial charge in [0.2, 0.25) is 5.95 Å². The molecular weight excluding hydrogens is 244 g/mol. The molecule has 1 N–H and O–H groups in total. The SMILES string of the molecule is CN1CCCC(c2cnc(N(C)CC(=O)O)nc2)C1. The Morgan fingerprint density at radius 1 is 1.53 bits per heavy atom. The molecule has 0 spiro atoms. The second-order valence-electron chi connectivity index (χ2n) is 5.17. The van der Waals surface area contributed by atoms with Gasteiger partial charge in [-0.1, -0.05) is 0 Å². The molecule has 1 unspecified atom stereocenters. The molecule has 0 bridgehead atoms. The molecule has 1 aromatic heterocycles. The van der Waals surface area contributed by atoms with E-state index in [0.717, 1.165) is 25.1 Å². The first-order chi connectivity index (χ1) is 9.06. The minimum absolute atomic E-state index is 0.0918. The Bertz CT molecular complexity index is 435. The molecule has 1 fully saturated rings. The van der Waals surface area contributed by atoms with Gasteiger partial charge in [0.25, 0.3) is 0 Å². The Morgan fingerprint density at radius 2 is 2.21 bits per heavy atom. The number of carbonyl (C=O) groups is 1. The molecule has 6 heteroatoms. The van der Waals surface area contributed by atoms with Gasteiger partial charge in [-0.05, 0) is 37.9 Å². The molecule has 0 radical (unpaired) electrons. The molecule has 1 aliphatic rings. The number of piperidine rings is 1. The summed E-state index contributed by atoms with van der Waals surface area (Å²) in [6.07, 6.45) is 6.01. The predicted molar refractivity (Wildman–Crippen MR) is 72.4 cm³/mol. The van der Waals surface area contributed by atoms with Crippen molar-refractivity contribution in [2.75, 3.05) is 38.6 Å². The van der Waals surface area contributed by atoms with Crippen molar-refractivity contribution in [3.8, 4) is 0 Å². The highest BCUT2D eigenvalue weighted by atomic mass is 16.4. The summed E-state index contributed by atoms with van der Waals surface area (Å²) < 4.78 is 0. The monoisotopic (exact) mass is 264 g/mol. The maximum absolute atomic E-state index is 10.6. The second kappa shape index (κ2) is 5.97. The first-order valence-electron chi connectivity index (χ1n) is 6.49. The van der Waals surface area contributed by atoms with Gasteiger partial charge in [0.1, 0.15) is 6.54 Å². The van der Waals surface area contributed by atoms with E-state index in [4.69, 9.17) is 5.11 Å². The zero-order chi connectivity index (χ0) is 13.8. The third-order valence-corrected chi connectivity index (χ3v) is 3.47. The number of nitrogens with zero attached hydrogens (tertiary/aromatic N) is 4. The summed E-state index contributed by atoms with van der Waals surface area (Å²) in [5.74, 6) is 0.0528. The Kier molecular flexibility index (Phi) is 4.31. The van der Waals surface area contributed by atoms with Gasteiger partial charge in [-0.2, -0.15) is 0 Å². The molecular formula is C13H20N4O2. The lowest BCUT2D eigenvalue weighted by molar-refractivity contribution is -0.135. The van der Waals surface area contributed by atoms with E-state index in [0.29, 0.717) is 11.9 Å². The van der Waals surface area contributed by atoms with Crippen LogP contribution in [-0.4, -0.2) is 59.7 Å². The number of likely N-dealkylation sites (tertiary alicyclic amines) is 1. The number of anilines is 1. The van der Waals surface area contributed by atoms with Gasteiger partial charge < -0.3 is 14.9 Å². The number of carboxylic acids is 1. The average molecular weight is 264 g/mol. The average Bonchev–Trinajstić information content (AvgIpc) is 2.38. The van der Waals surface area contributed by atoms with E-state index < -0.39 is 5.97 Å². The summed E-state index contributed by atoms with van der Waals surface area (Å²) in [6.45, 7) is 2.09. The zero-order valence-electron chi connectivity index (χ0n) is 11.4. The van der Waals surface area contributed by atoms with Crippen LogP contribution in [0.4, 0.5) is 5.95 Å². The fraction of sp³-hybridized carbons (Fsp3) is 0.615. The first kappa shape index (κ1) is 13.7. The fourth-order valence-corrected chi connectivity index (χ4v) is 2.45. The first-order valence-corrected chi connectivity index (χ1v) is 6.49. The molecule has 104 valence electrons. The van der Waals surface area contributed by atoms with Gasteiger partial charge in [-0.15, -0.1) is 0 Å². The van der Waals surface area contributed by atoms with E-state index in [-0.39, 0.29) is 6.54 Å². The van der Waals surface area contributed by atoms with Crippen LogP contribution in [0.2, 0.25) is 0 Å². The number of aromatic nitrogens is 2. The molecule has 0 aromatic carbocycles. The van der Waals surface area contributed by atoms with Crippen LogP contribution in [0.25, 0.3) is 0 Å². The molecule has 1 atom stereocenters. The topological polar surface area (TPSA) is 69.6 Å². The van der Waals surface area contributed by atoms with Crippen molar-refractivity contribution in [3.05, 3.63) is 18.0 Å². The van der Waals surface area contributed by atoms with Crippen LogP contribution in [0.3, 0.4) is 0 Å². The number of rotatable bonds is 4. The lowest BCUT2D eigenvalue weighted by atomic mass is 9.93. The van der Waals surface area contributed by atoms with Gasteiger partial charge in [-0.25, -0.2) is 9.97 Å². The van der Waals surface area contributed by atoms with Gasteiger partial charge in [0.15, 0.2) is 0 Å². The highest BCUT2D eigenvalue weighted by Gasteiger charge is 2.19. The van der Waals surface area contributed by atoms with Crippen molar-refractivity contribution in [2.24, 2.45) is 0 Å². The molecule has 1 aromatic rings. The van der Waals surface area contributed by atoms with Crippen molar-refractivity contribution in [3.63, 3.8) is 0 Å². The number of hydrogen-bond acceptors (Lipinski definition) is 5. The minimum Gasteiger partial charge on any atom is -0.480 e. The Labute approximate surface area is 113 Å². The Balaban J connectivity index is 2.03. The van der Waals surface area contributed by atoms with Crippen LogP contribution in [0.15, 0.2) is 12.4 Å². The lowest BCUT2D eigenvalue weighted by Gasteiger charge is -2.29. The quantitative estimate of drug-likeness (QED) is 0.867. The highest BCUT2D eigenvalue weighted by Crippen LogP contribution is 2.25.